The molecule has 0 radical (unpaired) electrons. The van der Waals surface area contributed by atoms with Gasteiger partial charge in [0.15, 0.2) is 0 Å². The van der Waals surface area contributed by atoms with Crippen LogP contribution >= 0.6 is 0 Å². The molecule has 1 aromatic rings. The van der Waals surface area contributed by atoms with Crippen molar-refractivity contribution in [2.45, 2.75) is 32.5 Å². The third kappa shape index (κ3) is 4.07. The van der Waals surface area contributed by atoms with Gasteiger partial charge in [-0.15, -0.1) is 0 Å². The zero-order chi connectivity index (χ0) is 12.8. The second kappa shape index (κ2) is 6.69. The first-order valence-corrected chi connectivity index (χ1v) is 6.01. The highest BCUT2D eigenvalue weighted by molar-refractivity contribution is 5.09. The molecule has 2 atom stereocenters. The molecule has 1 rings (SSSR count). The normalized spacial score (nSPS) is 15.2. The lowest BCUT2D eigenvalue weighted by molar-refractivity contribution is 0.107. The van der Waals surface area contributed by atoms with Crippen LogP contribution < -0.4 is 5.73 Å². The first kappa shape index (κ1) is 14.1. The van der Waals surface area contributed by atoms with Gasteiger partial charge in [0, 0.05) is 31.0 Å². The van der Waals surface area contributed by atoms with Gasteiger partial charge >= 0.3 is 0 Å². The van der Waals surface area contributed by atoms with Gasteiger partial charge in [-0.2, -0.15) is 0 Å². The fraction of sp³-hybridized carbons (Fsp3) is 0.615. The Kier molecular flexibility index (Phi) is 5.55. The second-order valence-corrected chi connectivity index (χ2v) is 4.84. The number of nitrogens with zero attached hydrogens (tertiary/aromatic N) is 2. The summed E-state index contributed by atoms with van der Waals surface area (Å²) >= 11 is 0. The van der Waals surface area contributed by atoms with Crippen LogP contribution in [-0.2, 0) is 6.54 Å². The molecule has 0 aliphatic heterocycles. The standard InChI is InChI=1S/C13H23N3O/c1-10(2)13(14)12(9-17)16(3)8-11-4-6-15-7-5-11/h4-7,10,12-13,17H,8-9,14H2,1-3H3. The Balaban J connectivity index is 2.64. The van der Waals surface area contributed by atoms with E-state index in [0.29, 0.717) is 5.92 Å². The quantitative estimate of drug-likeness (QED) is 0.770. The maximum absolute atomic E-state index is 9.46. The predicted octanol–water partition coefficient (Wildman–Crippen LogP) is 0.858. The van der Waals surface area contributed by atoms with Crippen molar-refractivity contribution in [3.63, 3.8) is 0 Å². The molecule has 4 nitrogen and oxygen atoms in total. The van der Waals surface area contributed by atoms with Gasteiger partial charge in [-0.3, -0.25) is 9.88 Å². The average Bonchev–Trinajstić information content (AvgIpc) is 2.30. The molecule has 0 amide bonds. The van der Waals surface area contributed by atoms with Crippen molar-refractivity contribution < 1.29 is 5.11 Å². The molecule has 96 valence electrons. The molecule has 0 aromatic carbocycles. The molecule has 0 aliphatic carbocycles. The summed E-state index contributed by atoms with van der Waals surface area (Å²) in [5.74, 6) is 0.354. The van der Waals surface area contributed by atoms with E-state index in [-0.39, 0.29) is 18.7 Å². The third-order valence-corrected chi connectivity index (χ3v) is 3.15. The highest BCUT2D eigenvalue weighted by atomic mass is 16.3. The molecule has 0 bridgehead atoms. The Morgan fingerprint density at radius 2 is 1.94 bits per heavy atom. The molecule has 4 heteroatoms. The van der Waals surface area contributed by atoms with Crippen molar-refractivity contribution in [3.05, 3.63) is 30.1 Å². The van der Waals surface area contributed by atoms with Crippen LogP contribution in [0.3, 0.4) is 0 Å². The van der Waals surface area contributed by atoms with Gasteiger partial charge in [0.05, 0.1) is 6.61 Å². The predicted molar refractivity (Wildman–Crippen MR) is 69.4 cm³/mol. The molecular formula is C13H23N3O. The Morgan fingerprint density at radius 3 is 2.41 bits per heavy atom. The Bertz CT molecular complexity index is 316. The van der Waals surface area contributed by atoms with E-state index in [1.165, 1.54) is 5.56 Å². The van der Waals surface area contributed by atoms with Gasteiger partial charge < -0.3 is 10.8 Å². The van der Waals surface area contributed by atoms with Crippen LogP contribution in [0.15, 0.2) is 24.5 Å². The molecule has 1 aromatic heterocycles. The van der Waals surface area contributed by atoms with E-state index in [0.717, 1.165) is 6.54 Å². The average molecular weight is 237 g/mol. The molecule has 0 aliphatic rings. The van der Waals surface area contributed by atoms with Crippen LogP contribution in [0.1, 0.15) is 19.4 Å². The molecule has 0 saturated carbocycles. The third-order valence-electron chi connectivity index (χ3n) is 3.15. The second-order valence-electron chi connectivity index (χ2n) is 4.84. The molecule has 1 heterocycles. The van der Waals surface area contributed by atoms with E-state index >= 15 is 0 Å². The molecular weight excluding hydrogens is 214 g/mol. The first-order valence-electron chi connectivity index (χ1n) is 6.01. The van der Waals surface area contributed by atoms with Crippen LogP contribution in [-0.4, -0.2) is 40.7 Å². The van der Waals surface area contributed by atoms with Crippen LogP contribution in [0.5, 0.6) is 0 Å². The number of aliphatic hydroxyl groups is 1. The fourth-order valence-electron chi connectivity index (χ4n) is 1.89. The zero-order valence-corrected chi connectivity index (χ0v) is 10.9. The van der Waals surface area contributed by atoms with E-state index < -0.39 is 0 Å². The highest BCUT2D eigenvalue weighted by Crippen LogP contribution is 2.12. The molecule has 0 spiro atoms. The summed E-state index contributed by atoms with van der Waals surface area (Å²) < 4.78 is 0. The minimum absolute atomic E-state index is 0.0110. The van der Waals surface area contributed by atoms with Crippen molar-refractivity contribution in [3.8, 4) is 0 Å². The SMILES string of the molecule is CC(C)C(N)C(CO)N(C)Cc1ccncc1. The number of hydrogen-bond acceptors (Lipinski definition) is 4. The smallest absolute Gasteiger partial charge is 0.0602 e. The zero-order valence-electron chi connectivity index (χ0n) is 10.9. The first-order chi connectivity index (χ1) is 8.06. The summed E-state index contributed by atoms with van der Waals surface area (Å²) in [4.78, 5) is 6.09. The number of likely N-dealkylation sites (N-methyl/N-ethyl adjacent to an activating group) is 1. The van der Waals surface area contributed by atoms with Gasteiger partial charge in [-0.25, -0.2) is 0 Å². The van der Waals surface area contributed by atoms with Crippen molar-refractivity contribution >= 4 is 0 Å². The monoisotopic (exact) mass is 237 g/mol. The summed E-state index contributed by atoms with van der Waals surface area (Å²) in [6, 6.07) is 3.92. The number of aliphatic hydroxyl groups excluding tert-OH is 1. The van der Waals surface area contributed by atoms with Gasteiger partial charge in [-0.05, 0) is 30.7 Å². The Labute approximate surface area is 103 Å². The maximum Gasteiger partial charge on any atom is 0.0602 e. The number of hydrogen-bond donors (Lipinski definition) is 2. The molecule has 2 unspecified atom stereocenters. The number of aromatic nitrogens is 1. The summed E-state index contributed by atoms with van der Waals surface area (Å²) in [6.45, 7) is 5.01. The number of pyridine rings is 1. The van der Waals surface area contributed by atoms with Gasteiger partial charge in [-0.1, -0.05) is 13.8 Å². The van der Waals surface area contributed by atoms with E-state index in [9.17, 15) is 5.11 Å². The maximum atomic E-state index is 9.46. The molecule has 17 heavy (non-hydrogen) atoms. The molecule has 0 fully saturated rings. The summed E-state index contributed by atoms with van der Waals surface area (Å²) in [5.41, 5.74) is 7.29. The van der Waals surface area contributed by atoms with Crippen LogP contribution in [0, 0.1) is 5.92 Å². The summed E-state index contributed by atoms with van der Waals surface area (Å²) in [6.07, 6.45) is 3.55. The van der Waals surface area contributed by atoms with Crippen LogP contribution in [0.4, 0.5) is 0 Å². The van der Waals surface area contributed by atoms with E-state index in [1.807, 2.05) is 19.2 Å². The van der Waals surface area contributed by atoms with Gasteiger partial charge in [0.25, 0.3) is 0 Å². The van der Waals surface area contributed by atoms with Crippen LogP contribution in [0.2, 0.25) is 0 Å². The number of rotatable bonds is 6. The van der Waals surface area contributed by atoms with E-state index in [4.69, 9.17) is 5.73 Å². The minimum atomic E-state index is -0.0214. The highest BCUT2D eigenvalue weighted by Gasteiger charge is 2.23. The van der Waals surface area contributed by atoms with Gasteiger partial charge in [0.2, 0.25) is 0 Å². The lowest BCUT2D eigenvalue weighted by Crippen LogP contribution is -2.50. The van der Waals surface area contributed by atoms with Crippen molar-refractivity contribution in [1.29, 1.82) is 0 Å². The Hall–Kier alpha value is -0.970. The van der Waals surface area contributed by atoms with Gasteiger partial charge in [0.1, 0.15) is 0 Å². The molecule has 3 N–H and O–H groups in total. The molecule has 0 saturated heterocycles. The fourth-order valence-corrected chi connectivity index (χ4v) is 1.89. The minimum Gasteiger partial charge on any atom is -0.395 e. The van der Waals surface area contributed by atoms with E-state index in [2.05, 4.69) is 23.7 Å². The van der Waals surface area contributed by atoms with Crippen molar-refractivity contribution in [1.82, 2.24) is 9.88 Å². The van der Waals surface area contributed by atoms with Crippen molar-refractivity contribution in [2.24, 2.45) is 11.7 Å². The van der Waals surface area contributed by atoms with Crippen molar-refractivity contribution in [2.75, 3.05) is 13.7 Å². The summed E-state index contributed by atoms with van der Waals surface area (Å²) in [7, 11) is 1.99. The number of nitrogens with two attached hydrogens (primary N) is 1. The Morgan fingerprint density at radius 1 is 1.35 bits per heavy atom. The van der Waals surface area contributed by atoms with E-state index in [1.54, 1.807) is 12.4 Å². The largest absolute Gasteiger partial charge is 0.395 e. The summed E-state index contributed by atoms with van der Waals surface area (Å²) in [5, 5.41) is 9.46. The lowest BCUT2D eigenvalue weighted by atomic mass is 9.96. The van der Waals surface area contributed by atoms with Crippen LogP contribution in [0.25, 0.3) is 0 Å². The topological polar surface area (TPSA) is 62.4 Å². The lowest BCUT2D eigenvalue weighted by Gasteiger charge is -2.33.